The molecule has 25 heavy (non-hydrogen) atoms. The fourth-order valence-corrected chi connectivity index (χ4v) is 3.35. The predicted molar refractivity (Wildman–Crippen MR) is 94.3 cm³/mol. The van der Waals surface area contributed by atoms with E-state index in [1.165, 1.54) is 0 Å². The highest BCUT2D eigenvalue weighted by atomic mass is 16.5. The Bertz CT molecular complexity index is 729. The first-order valence-corrected chi connectivity index (χ1v) is 8.69. The molecule has 2 aliphatic rings. The maximum atomic E-state index is 12.6. The zero-order chi connectivity index (χ0) is 17.1. The zero-order valence-corrected chi connectivity index (χ0v) is 14.1. The number of pyridine rings is 1. The van der Waals surface area contributed by atoms with E-state index in [0.29, 0.717) is 6.61 Å². The van der Waals surface area contributed by atoms with Crippen molar-refractivity contribution in [1.29, 1.82) is 0 Å². The van der Waals surface area contributed by atoms with Gasteiger partial charge in [0.15, 0.2) is 0 Å². The molecule has 1 saturated heterocycles. The van der Waals surface area contributed by atoms with Gasteiger partial charge in [-0.25, -0.2) is 4.79 Å². The summed E-state index contributed by atoms with van der Waals surface area (Å²) in [5.41, 5.74) is 2.13. The number of nitrogens with zero attached hydrogens (tertiary/aromatic N) is 3. The number of aromatic nitrogens is 1. The quantitative estimate of drug-likeness (QED) is 0.930. The Morgan fingerprint density at radius 1 is 1.12 bits per heavy atom. The number of fused-ring (bicyclic) bond motifs is 1. The van der Waals surface area contributed by atoms with Crippen molar-refractivity contribution in [2.24, 2.45) is 0 Å². The van der Waals surface area contributed by atoms with Crippen molar-refractivity contribution >= 4 is 6.03 Å². The molecule has 1 aromatic carbocycles. The van der Waals surface area contributed by atoms with Gasteiger partial charge in [-0.1, -0.05) is 24.3 Å². The topological polar surface area (TPSA) is 57.7 Å². The molecule has 2 aliphatic heterocycles. The van der Waals surface area contributed by atoms with E-state index >= 15 is 0 Å². The lowest BCUT2D eigenvalue weighted by Crippen LogP contribution is -2.52. The van der Waals surface area contributed by atoms with E-state index in [4.69, 9.17) is 4.74 Å². The van der Waals surface area contributed by atoms with Gasteiger partial charge < -0.3 is 15.0 Å². The van der Waals surface area contributed by atoms with Crippen molar-refractivity contribution in [2.45, 2.75) is 12.6 Å². The summed E-state index contributed by atoms with van der Waals surface area (Å²) in [6.07, 6.45) is 1.82. The second kappa shape index (κ2) is 7.11. The van der Waals surface area contributed by atoms with E-state index in [1.54, 1.807) is 0 Å². The van der Waals surface area contributed by atoms with E-state index in [0.717, 1.165) is 49.7 Å². The monoisotopic (exact) mass is 338 g/mol. The minimum Gasteiger partial charge on any atom is -0.491 e. The number of para-hydroxylation sites is 1. The first kappa shape index (κ1) is 15.9. The lowest BCUT2D eigenvalue weighted by Gasteiger charge is -2.35. The molecule has 0 aliphatic carbocycles. The van der Waals surface area contributed by atoms with Gasteiger partial charge in [0.2, 0.25) is 0 Å². The molecule has 3 heterocycles. The molecule has 6 nitrogen and oxygen atoms in total. The van der Waals surface area contributed by atoms with Gasteiger partial charge in [0, 0.05) is 44.5 Å². The summed E-state index contributed by atoms with van der Waals surface area (Å²) < 4.78 is 5.63. The molecule has 6 heteroatoms. The maximum absolute atomic E-state index is 12.6. The molecule has 2 aromatic rings. The Labute approximate surface area is 147 Å². The molecule has 130 valence electrons. The Morgan fingerprint density at radius 2 is 1.92 bits per heavy atom. The minimum absolute atomic E-state index is 0.0113. The van der Waals surface area contributed by atoms with E-state index in [2.05, 4.69) is 15.2 Å². The number of rotatable bonds is 3. The van der Waals surface area contributed by atoms with Gasteiger partial charge in [-0.05, 0) is 18.2 Å². The van der Waals surface area contributed by atoms with Crippen molar-refractivity contribution in [1.82, 2.24) is 20.1 Å². The van der Waals surface area contributed by atoms with Gasteiger partial charge in [-0.2, -0.15) is 0 Å². The summed E-state index contributed by atoms with van der Waals surface area (Å²) in [5, 5.41) is 3.10. The van der Waals surface area contributed by atoms with E-state index in [1.807, 2.05) is 53.6 Å². The number of carbonyl (C=O) groups excluding carboxylic acids is 1. The van der Waals surface area contributed by atoms with Crippen LogP contribution >= 0.6 is 0 Å². The SMILES string of the molecule is O=C(N[C@H]1COc2ccccc21)N1CCN(Cc2ccccn2)CC1. The normalized spacial score (nSPS) is 20.0. The van der Waals surface area contributed by atoms with Crippen LogP contribution in [-0.2, 0) is 6.54 Å². The second-order valence-electron chi connectivity index (χ2n) is 6.44. The third kappa shape index (κ3) is 3.58. The van der Waals surface area contributed by atoms with Crippen LogP contribution in [0.5, 0.6) is 5.75 Å². The lowest BCUT2D eigenvalue weighted by molar-refractivity contribution is 0.131. The number of piperazine rings is 1. The standard InChI is InChI=1S/C19H22N4O2/c24-19(21-17-14-25-18-7-2-1-6-16(17)18)23-11-9-22(10-12-23)13-15-5-3-4-8-20-15/h1-8,17H,9-14H2,(H,21,24)/t17-/m0/s1. The van der Waals surface area contributed by atoms with Crippen LogP contribution in [0.25, 0.3) is 0 Å². The molecule has 1 N–H and O–H groups in total. The fourth-order valence-electron chi connectivity index (χ4n) is 3.35. The highest BCUT2D eigenvalue weighted by molar-refractivity contribution is 5.75. The number of nitrogens with one attached hydrogen (secondary N) is 1. The zero-order valence-electron chi connectivity index (χ0n) is 14.1. The van der Waals surface area contributed by atoms with Crippen molar-refractivity contribution in [3.05, 3.63) is 59.9 Å². The van der Waals surface area contributed by atoms with Crippen LogP contribution in [0.15, 0.2) is 48.7 Å². The maximum Gasteiger partial charge on any atom is 0.318 e. The first-order valence-electron chi connectivity index (χ1n) is 8.69. The van der Waals surface area contributed by atoms with Gasteiger partial charge in [-0.3, -0.25) is 9.88 Å². The van der Waals surface area contributed by atoms with Crippen molar-refractivity contribution < 1.29 is 9.53 Å². The van der Waals surface area contributed by atoms with Gasteiger partial charge in [-0.15, -0.1) is 0 Å². The van der Waals surface area contributed by atoms with E-state index in [-0.39, 0.29) is 12.1 Å². The second-order valence-corrected chi connectivity index (χ2v) is 6.44. The van der Waals surface area contributed by atoms with Crippen molar-refractivity contribution in [3.63, 3.8) is 0 Å². The third-order valence-corrected chi connectivity index (χ3v) is 4.77. The van der Waals surface area contributed by atoms with Crippen LogP contribution in [0.1, 0.15) is 17.3 Å². The molecule has 2 amide bonds. The molecule has 4 rings (SSSR count). The Balaban J connectivity index is 1.29. The van der Waals surface area contributed by atoms with Crippen LogP contribution in [0.2, 0.25) is 0 Å². The molecule has 1 aromatic heterocycles. The van der Waals surface area contributed by atoms with Crippen LogP contribution in [0.4, 0.5) is 4.79 Å². The summed E-state index contributed by atoms with van der Waals surface area (Å²) in [6.45, 7) is 4.52. The van der Waals surface area contributed by atoms with Crippen LogP contribution < -0.4 is 10.1 Å². The molecule has 1 fully saturated rings. The van der Waals surface area contributed by atoms with Crippen molar-refractivity contribution in [2.75, 3.05) is 32.8 Å². The highest BCUT2D eigenvalue weighted by Crippen LogP contribution is 2.31. The minimum atomic E-state index is -0.0600. The highest BCUT2D eigenvalue weighted by Gasteiger charge is 2.28. The number of carbonyl (C=O) groups is 1. The Hall–Kier alpha value is -2.60. The molecule has 1 atom stereocenters. The lowest BCUT2D eigenvalue weighted by atomic mass is 10.1. The number of hydrogen-bond acceptors (Lipinski definition) is 4. The molecule has 0 unspecified atom stereocenters. The molecule has 0 saturated carbocycles. The number of benzene rings is 1. The smallest absolute Gasteiger partial charge is 0.318 e. The third-order valence-electron chi connectivity index (χ3n) is 4.77. The Kier molecular flexibility index (Phi) is 4.52. The average molecular weight is 338 g/mol. The van der Waals surface area contributed by atoms with Crippen LogP contribution in [0, 0.1) is 0 Å². The van der Waals surface area contributed by atoms with E-state index in [9.17, 15) is 4.79 Å². The van der Waals surface area contributed by atoms with Gasteiger partial charge in [0.05, 0.1) is 11.7 Å². The molecular formula is C19H22N4O2. The van der Waals surface area contributed by atoms with Gasteiger partial charge >= 0.3 is 6.03 Å². The summed E-state index contributed by atoms with van der Waals surface area (Å²) in [5.74, 6) is 0.869. The van der Waals surface area contributed by atoms with E-state index < -0.39 is 0 Å². The summed E-state index contributed by atoms with van der Waals surface area (Å²) in [6, 6.07) is 13.8. The first-order chi connectivity index (χ1) is 12.3. The number of urea groups is 1. The van der Waals surface area contributed by atoms with Crippen LogP contribution in [0.3, 0.4) is 0 Å². The van der Waals surface area contributed by atoms with Crippen molar-refractivity contribution in [3.8, 4) is 5.75 Å². The summed E-state index contributed by atoms with van der Waals surface area (Å²) >= 11 is 0. The molecule has 0 radical (unpaired) electrons. The van der Waals surface area contributed by atoms with Gasteiger partial charge in [0.25, 0.3) is 0 Å². The summed E-state index contributed by atoms with van der Waals surface area (Å²) in [4.78, 5) is 21.1. The van der Waals surface area contributed by atoms with Crippen LogP contribution in [-0.4, -0.2) is 53.6 Å². The summed E-state index contributed by atoms with van der Waals surface area (Å²) in [7, 11) is 0. The molecule has 0 bridgehead atoms. The molecular weight excluding hydrogens is 316 g/mol. The number of hydrogen-bond donors (Lipinski definition) is 1. The predicted octanol–water partition coefficient (Wildman–Crippen LogP) is 2.04. The molecule has 0 spiro atoms. The average Bonchev–Trinajstić information content (AvgIpc) is 3.06. The number of amides is 2. The fraction of sp³-hybridized carbons (Fsp3) is 0.368. The Morgan fingerprint density at radius 3 is 2.72 bits per heavy atom. The largest absolute Gasteiger partial charge is 0.491 e. The van der Waals surface area contributed by atoms with Gasteiger partial charge in [0.1, 0.15) is 12.4 Å². The number of ether oxygens (including phenoxy) is 1.